The van der Waals surface area contributed by atoms with Crippen molar-refractivity contribution < 1.29 is 0 Å². The highest BCUT2D eigenvalue weighted by atomic mass is 15.0. The van der Waals surface area contributed by atoms with Gasteiger partial charge in [-0.15, -0.1) is 0 Å². The van der Waals surface area contributed by atoms with Crippen LogP contribution in [0.5, 0.6) is 0 Å². The molecule has 2 heterocycles. The summed E-state index contributed by atoms with van der Waals surface area (Å²) in [5.41, 5.74) is 1.04. The van der Waals surface area contributed by atoms with Gasteiger partial charge in [-0.25, -0.2) is 4.98 Å². The lowest BCUT2D eigenvalue weighted by molar-refractivity contribution is 1.03. The second kappa shape index (κ2) is 1.80. The third-order valence-electron chi connectivity index (χ3n) is 1.52. The second-order valence-electron chi connectivity index (χ2n) is 2.18. The molecule has 0 aliphatic rings. The number of fused-ring (bicyclic) bond motifs is 1. The molecule has 0 N–H and O–H groups in total. The highest BCUT2D eigenvalue weighted by Crippen LogP contribution is 2.01. The number of imidazole rings is 1. The van der Waals surface area contributed by atoms with Gasteiger partial charge in [-0.1, -0.05) is 0 Å². The predicted molar refractivity (Wildman–Crippen MR) is 37.7 cm³/mol. The number of rotatable bonds is 0. The first kappa shape index (κ1) is 5.41. The molecule has 0 unspecified atom stereocenters. The fraction of sp³-hybridized carbons (Fsp3) is 0.143. The highest BCUT2D eigenvalue weighted by molar-refractivity contribution is 5.42. The quantitative estimate of drug-likeness (QED) is 0.537. The highest BCUT2D eigenvalue weighted by Gasteiger charge is 1.94. The summed E-state index contributed by atoms with van der Waals surface area (Å²) in [6.07, 6.45) is 7.25. The summed E-state index contributed by atoms with van der Waals surface area (Å²) in [5.74, 6) is 0.998. The van der Waals surface area contributed by atoms with Crippen molar-refractivity contribution in [2.75, 3.05) is 0 Å². The Hall–Kier alpha value is -1.38. The molecular formula is C7H7N3. The van der Waals surface area contributed by atoms with Crippen LogP contribution in [0.1, 0.15) is 5.82 Å². The van der Waals surface area contributed by atoms with E-state index in [9.17, 15) is 0 Å². The van der Waals surface area contributed by atoms with Gasteiger partial charge in [0.1, 0.15) is 5.82 Å². The summed E-state index contributed by atoms with van der Waals surface area (Å²) >= 11 is 0. The first-order valence-electron chi connectivity index (χ1n) is 3.11. The van der Waals surface area contributed by atoms with Gasteiger partial charge >= 0.3 is 0 Å². The molecule has 0 spiro atoms. The second-order valence-corrected chi connectivity index (χ2v) is 2.18. The molecule has 0 aliphatic carbocycles. The third-order valence-corrected chi connectivity index (χ3v) is 1.52. The molecule has 3 heteroatoms. The van der Waals surface area contributed by atoms with Crippen LogP contribution in [0.15, 0.2) is 24.8 Å². The van der Waals surface area contributed by atoms with Crippen molar-refractivity contribution in [2.24, 2.45) is 0 Å². The minimum atomic E-state index is 0.998. The zero-order valence-corrected chi connectivity index (χ0v) is 5.65. The minimum Gasteiger partial charge on any atom is -0.301 e. The minimum absolute atomic E-state index is 0.998. The van der Waals surface area contributed by atoms with E-state index in [1.807, 2.05) is 23.7 Å². The Morgan fingerprint density at radius 1 is 1.40 bits per heavy atom. The first-order chi connectivity index (χ1) is 4.88. The zero-order valence-electron chi connectivity index (χ0n) is 5.65. The Labute approximate surface area is 58.4 Å². The Bertz CT molecular complexity index is 350. The van der Waals surface area contributed by atoms with Gasteiger partial charge in [0.15, 0.2) is 0 Å². The lowest BCUT2D eigenvalue weighted by atomic mass is 10.6. The fourth-order valence-electron chi connectivity index (χ4n) is 0.985. The van der Waals surface area contributed by atoms with Crippen molar-refractivity contribution >= 4 is 5.52 Å². The Morgan fingerprint density at radius 3 is 3.10 bits per heavy atom. The summed E-state index contributed by atoms with van der Waals surface area (Å²) in [5, 5.41) is 0. The summed E-state index contributed by atoms with van der Waals surface area (Å²) in [4.78, 5) is 8.08. The van der Waals surface area contributed by atoms with E-state index in [0.29, 0.717) is 0 Å². The molecule has 0 saturated heterocycles. The van der Waals surface area contributed by atoms with Crippen LogP contribution in [0.25, 0.3) is 5.52 Å². The first-order valence-corrected chi connectivity index (χ1v) is 3.11. The lowest BCUT2D eigenvalue weighted by Gasteiger charge is -1.91. The summed E-state index contributed by atoms with van der Waals surface area (Å²) in [7, 11) is 0. The molecule has 2 aromatic rings. The van der Waals surface area contributed by atoms with Crippen molar-refractivity contribution in [3.63, 3.8) is 0 Å². The van der Waals surface area contributed by atoms with Crippen molar-refractivity contribution in [3.8, 4) is 0 Å². The van der Waals surface area contributed by atoms with E-state index in [2.05, 4.69) is 9.97 Å². The maximum Gasteiger partial charge on any atom is 0.110 e. The van der Waals surface area contributed by atoms with E-state index < -0.39 is 0 Å². The van der Waals surface area contributed by atoms with Crippen LogP contribution in [0.3, 0.4) is 0 Å². The molecule has 3 nitrogen and oxygen atoms in total. The number of aryl methyl sites for hydroxylation is 1. The van der Waals surface area contributed by atoms with Crippen molar-refractivity contribution in [1.82, 2.24) is 14.4 Å². The number of hydrogen-bond donors (Lipinski definition) is 0. The predicted octanol–water partition coefficient (Wildman–Crippen LogP) is 1.04. The van der Waals surface area contributed by atoms with E-state index in [1.54, 1.807) is 12.4 Å². The van der Waals surface area contributed by atoms with E-state index in [-0.39, 0.29) is 0 Å². The molecule has 10 heavy (non-hydrogen) atoms. The van der Waals surface area contributed by atoms with Crippen LogP contribution < -0.4 is 0 Å². The Kier molecular flexibility index (Phi) is 0.974. The van der Waals surface area contributed by atoms with E-state index in [0.717, 1.165) is 11.3 Å². The molecule has 0 radical (unpaired) electrons. The molecule has 0 bridgehead atoms. The normalized spacial score (nSPS) is 10.5. The van der Waals surface area contributed by atoms with Gasteiger partial charge in [0.2, 0.25) is 0 Å². The largest absolute Gasteiger partial charge is 0.301 e. The van der Waals surface area contributed by atoms with Gasteiger partial charge in [-0.05, 0) is 6.92 Å². The standard InChI is InChI=1S/C7H7N3/c1-6-9-5-7-4-8-2-3-10(6)7/h2-5H,1H3. The Balaban J connectivity index is 2.93. The van der Waals surface area contributed by atoms with Crippen molar-refractivity contribution in [2.45, 2.75) is 6.92 Å². The van der Waals surface area contributed by atoms with Crippen LogP contribution >= 0.6 is 0 Å². The van der Waals surface area contributed by atoms with Crippen LogP contribution in [0.4, 0.5) is 0 Å². The molecule has 2 aromatic heterocycles. The maximum absolute atomic E-state index is 4.12. The monoisotopic (exact) mass is 133 g/mol. The Morgan fingerprint density at radius 2 is 2.30 bits per heavy atom. The summed E-state index contributed by atoms with van der Waals surface area (Å²) in [6.45, 7) is 1.97. The molecule has 0 amide bonds. The van der Waals surface area contributed by atoms with Crippen LogP contribution in [0.2, 0.25) is 0 Å². The summed E-state index contributed by atoms with van der Waals surface area (Å²) < 4.78 is 1.99. The third kappa shape index (κ3) is 0.603. The number of hydrogen-bond acceptors (Lipinski definition) is 2. The van der Waals surface area contributed by atoms with Gasteiger partial charge < -0.3 is 4.40 Å². The molecule has 0 fully saturated rings. The SMILES string of the molecule is Cc1ncc2cnccn12. The van der Waals surface area contributed by atoms with Crippen molar-refractivity contribution in [3.05, 3.63) is 30.6 Å². The number of aromatic nitrogens is 3. The molecule has 0 aromatic carbocycles. The molecular weight excluding hydrogens is 126 g/mol. The topological polar surface area (TPSA) is 30.2 Å². The molecule has 0 atom stereocenters. The van der Waals surface area contributed by atoms with Crippen molar-refractivity contribution in [1.29, 1.82) is 0 Å². The van der Waals surface area contributed by atoms with Crippen LogP contribution in [-0.4, -0.2) is 14.4 Å². The summed E-state index contributed by atoms with van der Waals surface area (Å²) in [6, 6.07) is 0. The lowest BCUT2D eigenvalue weighted by Crippen LogP contribution is -1.86. The fourth-order valence-corrected chi connectivity index (χ4v) is 0.985. The van der Waals surface area contributed by atoms with E-state index in [1.165, 1.54) is 0 Å². The average Bonchev–Trinajstić information content (AvgIpc) is 2.34. The average molecular weight is 133 g/mol. The van der Waals surface area contributed by atoms with Crippen LogP contribution in [0, 0.1) is 6.92 Å². The van der Waals surface area contributed by atoms with Gasteiger partial charge in [0.05, 0.1) is 17.9 Å². The van der Waals surface area contributed by atoms with Gasteiger partial charge in [-0.3, -0.25) is 4.98 Å². The molecule has 2 rings (SSSR count). The smallest absolute Gasteiger partial charge is 0.110 e. The molecule has 0 aliphatic heterocycles. The zero-order chi connectivity index (χ0) is 6.97. The maximum atomic E-state index is 4.12. The molecule has 0 saturated carbocycles. The number of nitrogens with zero attached hydrogens (tertiary/aromatic N) is 3. The molecule has 50 valence electrons. The van der Waals surface area contributed by atoms with Gasteiger partial charge in [-0.2, -0.15) is 0 Å². The van der Waals surface area contributed by atoms with E-state index >= 15 is 0 Å². The van der Waals surface area contributed by atoms with E-state index in [4.69, 9.17) is 0 Å². The van der Waals surface area contributed by atoms with Crippen LogP contribution in [-0.2, 0) is 0 Å². The van der Waals surface area contributed by atoms with Gasteiger partial charge in [0, 0.05) is 12.4 Å². The van der Waals surface area contributed by atoms with Gasteiger partial charge in [0.25, 0.3) is 0 Å².